The smallest absolute Gasteiger partial charge is 0.243 e. The fourth-order valence-electron chi connectivity index (χ4n) is 3.02. The van der Waals surface area contributed by atoms with Crippen LogP contribution in [0.3, 0.4) is 0 Å². The zero-order valence-corrected chi connectivity index (χ0v) is 17.8. The average Bonchev–Trinajstić information content (AvgIpc) is 2.52. The standard InChI is InChI=1S/C18H29N3O3S.ClH/c1-13-6-7-15(10-14(13)2)25(23,24)20(5)11-17(22)21-9-8-16(19)18(3,4)12-21;/h6-7,10,16H,8-9,11-12,19H2,1-5H3;1H. The molecule has 2 rings (SSSR count). The predicted molar refractivity (Wildman–Crippen MR) is 106 cm³/mol. The van der Waals surface area contributed by atoms with Crippen LogP contribution in [-0.2, 0) is 14.8 Å². The van der Waals surface area contributed by atoms with E-state index in [2.05, 4.69) is 0 Å². The van der Waals surface area contributed by atoms with Gasteiger partial charge in [-0.3, -0.25) is 4.79 Å². The van der Waals surface area contributed by atoms with Crippen LogP contribution in [0.15, 0.2) is 23.1 Å². The molecular formula is C18H30ClN3O3S. The number of piperidine rings is 1. The number of aryl methyl sites for hydroxylation is 2. The number of sulfonamides is 1. The molecule has 2 N–H and O–H groups in total. The van der Waals surface area contributed by atoms with Gasteiger partial charge in [-0.25, -0.2) is 8.42 Å². The van der Waals surface area contributed by atoms with Gasteiger partial charge in [0.05, 0.1) is 11.4 Å². The molecule has 1 unspecified atom stereocenters. The quantitative estimate of drug-likeness (QED) is 0.832. The van der Waals surface area contributed by atoms with E-state index in [-0.39, 0.29) is 41.2 Å². The van der Waals surface area contributed by atoms with Crippen molar-refractivity contribution < 1.29 is 13.2 Å². The summed E-state index contributed by atoms with van der Waals surface area (Å²) in [7, 11) is -2.24. The Balaban J connectivity index is 0.00000338. The van der Waals surface area contributed by atoms with Gasteiger partial charge < -0.3 is 10.6 Å². The van der Waals surface area contributed by atoms with E-state index in [1.165, 1.54) is 7.05 Å². The van der Waals surface area contributed by atoms with E-state index in [1.54, 1.807) is 23.1 Å². The van der Waals surface area contributed by atoms with Gasteiger partial charge in [0.15, 0.2) is 0 Å². The molecule has 8 heteroatoms. The van der Waals surface area contributed by atoms with E-state index < -0.39 is 10.0 Å². The molecule has 1 aromatic rings. The minimum atomic E-state index is -3.69. The summed E-state index contributed by atoms with van der Waals surface area (Å²) in [5.41, 5.74) is 7.88. The van der Waals surface area contributed by atoms with Crippen molar-refractivity contribution in [2.45, 2.75) is 45.1 Å². The van der Waals surface area contributed by atoms with Gasteiger partial charge in [-0.05, 0) is 48.9 Å². The summed E-state index contributed by atoms with van der Waals surface area (Å²) >= 11 is 0. The molecule has 1 aliphatic rings. The van der Waals surface area contributed by atoms with Crippen LogP contribution in [0.1, 0.15) is 31.4 Å². The molecule has 1 aromatic carbocycles. The molecule has 1 amide bonds. The fourth-order valence-corrected chi connectivity index (χ4v) is 4.22. The van der Waals surface area contributed by atoms with Crippen molar-refractivity contribution in [2.24, 2.45) is 11.1 Å². The molecule has 0 spiro atoms. The molecule has 1 aliphatic heterocycles. The highest BCUT2D eigenvalue weighted by Gasteiger charge is 2.36. The Morgan fingerprint density at radius 3 is 2.46 bits per heavy atom. The Bertz CT molecular complexity index is 765. The summed E-state index contributed by atoms with van der Waals surface area (Å²) in [6.45, 7) is 8.83. The van der Waals surface area contributed by atoms with Crippen LogP contribution < -0.4 is 5.73 Å². The predicted octanol–water partition coefficient (Wildman–Crippen LogP) is 1.93. The maximum absolute atomic E-state index is 12.7. The lowest BCUT2D eigenvalue weighted by atomic mass is 9.80. The van der Waals surface area contributed by atoms with Crippen molar-refractivity contribution in [2.75, 3.05) is 26.7 Å². The van der Waals surface area contributed by atoms with Gasteiger partial charge in [0.2, 0.25) is 15.9 Å². The molecule has 1 saturated heterocycles. The first-order valence-electron chi connectivity index (χ1n) is 8.52. The normalized spacial score (nSPS) is 20.0. The Morgan fingerprint density at radius 1 is 1.31 bits per heavy atom. The zero-order valence-electron chi connectivity index (χ0n) is 16.2. The van der Waals surface area contributed by atoms with E-state index in [1.807, 2.05) is 27.7 Å². The molecule has 148 valence electrons. The molecule has 0 radical (unpaired) electrons. The van der Waals surface area contributed by atoms with Crippen LogP contribution >= 0.6 is 12.4 Å². The lowest BCUT2D eigenvalue weighted by molar-refractivity contribution is -0.134. The van der Waals surface area contributed by atoms with Gasteiger partial charge in [0, 0.05) is 26.2 Å². The number of carbonyl (C=O) groups excluding carboxylic acids is 1. The van der Waals surface area contributed by atoms with Gasteiger partial charge in [-0.2, -0.15) is 4.31 Å². The number of carbonyl (C=O) groups is 1. The Morgan fingerprint density at radius 2 is 1.92 bits per heavy atom. The lowest BCUT2D eigenvalue weighted by Crippen LogP contribution is -2.55. The van der Waals surface area contributed by atoms with E-state index in [0.29, 0.717) is 13.1 Å². The van der Waals surface area contributed by atoms with E-state index in [4.69, 9.17) is 5.73 Å². The molecule has 1 heterocycles. The number of likely N-dealkylation sites (tertiary alicyclic amines) is 1. The topological polar surface area (TPSA) is 83.7 Å². The molecule has 6 nitrogen and oxygen atoms in total. The van der Waals surface area contributed by atoms with Gasteiger partial charge in [-0.15, -0.1) is 12.4 Å². The average molecular weight is 404 g/mol. The van der Waals surface area contributed by atoms with Crippen molar-refractivity contribution in [3.63, 3.8) is 0 Å². The summed E-state index contributed by atoms with van der Waals surface area (Å²) in [5, 5.41) is 0. The molecule has 0 saturated carbocycles. The minimum Gasteiger partial charge on any atom is -0.341 e. The highest BCUT2D eigenvalue weighted by molar-refractivity contribution is 7.89. The summed E-state index contributed by atoms with van der Waals surface area (Å²) in [4.78, 5) is 14.5. The monoisotopic (exact) mass is 403 g/mol. The van der Waals surface area contributed by atoms with Crippen LogP contribution in [-0.4, -0.2) is 56.3 Å². The SMILES string of the molecule is Cc1ccc(S(=O)(=O)N(C)CC(=O)N2CCC(N)C(C)(C)C2)cc1C.Cl. The number of likely N-dealkylation sites (N-methyl/N-ethyl adjacent to an activating group) is 1. The number of rotatable bonds is 4. The van der Waals surface area contributed by atoms with Crippen molar-refractivity contribution >= 4 is 28.3 Å². The summed E-state index contributed by atoms with van der Waals surface area (Å²) in [6, 6.07) is 5.07. The third-order valence-electron chi connectivity index (χ3n) is 5.21. The number of benzene rings is 1. The second-order valence-electron chi connectivity index (χ2n) is 7.71. The maximum Gasteiger partial charge on any atom is 0.243 e. The van der Waals surface area contributed by atoms with Crippen LogP contribution in [0.4, 0.5) is 0 Å². The molecular weight excluding hydrogens is 374 g/mol. The largest absolute Gasteiger partial charge is 0.341 e. The highest BCUT2D eigenvalue weighted by Crippen LogP contribution is 2.28. The second-order valence-corrected chi connectivity index (χ2v) is 9.75. The zero-order chi connectivity index (χ0) is 19.0. The summed E-state index contributed by atoms with van der Waals surface area (Å²) in [5.74, 6) is -0.185. The first-order chi connectivity index (χ1) is 11.4. The Kier molecular flexibility index (Phi) is 7.26. The number of nitrogens with zero attached hydrogens (tertiary/aromatic N) is 2. The van der Waals surface area contributed by atoms with E-state index in [0.717, 1.165) is 21.9 Å². The Hall–Kier alpha value is -1.15. The first kappa shape index (κ1) is 22.9. The van der Waals surface area contributed by atoms with Crippen molar-refractivity contribution in [3.05, 3.63) is 29.3 Å². The van der Waals surface area contributed by atoms with Gasteiger partial charge in [0.1, 0.15) is 0 Å². The van der Waals surface area contributed by atoms with Crippen molar-refractivity contribution in [1.29, 1.82) is 0 Å². The first-order valence-corrected chi connectivity index (χ1v) is 9.96. The molecule has 26 heavy (non-hydrogen) atoms. The van der Waals surface area contributed by atoms with Crippen LogP contribution in [0, 0.1) is 19.3 Å². The van der Waals surface area contributed by atoms with Gasteiger partial charge in [-0.1, -0.05) is 19.9 Å². The number of hydrogen-bond donors (Lipinski definition) is 1. The molecule has 0 aliphatic carbocycles. The second kappa shape index (κ2) is 8.25. The number of nitrogens with two attached hydrogens (primary N) is 1. The fraction of sp³-hybridized carbons (Fsp3) is 0.611. The maximum atomic E-state index is 12.7. The van der Waals surface area contributed by atoms with Crippen LogP contribution in [0.2, 0.25) is 0 Å². The third-order valence-corrected chi connectivity index (χ3v) is 7.01. The lowest BCUT2D eigenvalue weighted by Gasteiger charge is -2.42. The molecule has 0 aromatic heterocycles. The highest BCUT2D eigenvalue weighted by atomic mass is 35.5. The molecule has 1 atom stereocenters. The van der Waals surface area contributed by atoms with Crippen LogP contribution in [0.25, 0.3) is 0 Å². The summed E-state index contributed by atoms with van der Waals surface area (Å²) < 4.78 is 26.6. The van der Waals surface area contributed by atoms with E-state index in [9.17, 15) is 13.2 Å². The van der Waals surface area contributed by atoms with E-state index >= 15 is 0 Å². The summed E-state index contributed by atoms with van der Waals surface area (Å²) in [6.07, 6.45) is 0.729. The number of halogens is 1. The van der Waals surface area contributed by atoms with Crippen molar-refractivity contribution in [1.82, 2.24) is 9.21 Å². The third kappa shape index (κ3) is 4.76. The van der Waals surface area contributed by atoms with Gasteiger partial charge in [0.25, 0.3) is 0 Å². The molecule has 0 bridgehead atoms. The number of amides is 1. The van der Waals surface area contributed by atoms with Crippen LogP contribution in [0.5, 0.6) is 0 Å². The number of hydrogen-bond acceptors (Lipinski definition) is 4. The Labute approximate surface area is 163 Å². The molecule has 1 fully saturated rings. The minimum absolute atomic E-state index is 0. The van der Waals surface area contributed by atoms with Crippen molar-refractivity contribution in [3.8, 4) is 0 Å². The van der Waals surface area contributed by atoms with Gasteiger partial charge >= 0.3 is 0 Å².